The first-order chi connectivity index (χ1) is 28.8. The van der Waals surface area contributed by atoms with Crippen LogP contribution in [0.3, 0.4) is 0 Å². The molecule has 13 rings (SSSR count). The van der Waals surface area contributed by atoms with Crippen molar-refractivity contribution in [2.45, 2.75) is 5.41 Å². The van der Waals surface area contributed by atoms with Crippen LogP contribution in [0.25, 0.3) is 71.7 Å². The highest BCUT2D eigenvalue weighted by atomic mass is 16.3. The number of para-hydroxylation sites is 1. The van der Waals surface area contributed by atoms with E-state index < -0.39 is 5.41 Å². The number of hydrogen-bond acceptors (Lipinski definition) is 3. The van der Waals surface area contributed by atoms with Crippen LogP contribution < -0.4 is 4.90 Å². The molecule has 0 N–H and O–H groups in total. The third-order valence-corrected chi connectivity index (χ3v) is 12.6. The van der Waals surface area contributed by atoms with E-state index in [2.05, 4.69) is 198 Å². The van der Waals surface area contributed by atoms with Crippen molar-refractivity contribution in [3.8, 4) is 33.5 Å². The molecule has 0 radical (unpaired) electrons. The van der Waals surface area contributed by atoms with Crippen molar-refractivity contribution in [1.82, 2.24) is 9.61 Å². The van der Waals surface area contributed by atoms with Gasteiger partial charge < -0.3 is 9.32 Å². The third kappa shape index (κ3) is 4.16. The fourth-order valence-corrected chi connectivity index (χ4v) is 10.2. The van der Waals surface area contributed by atoms with Crippen molar-refractivity contribution >= 4 is 55.3 Å². The van der Waals surface area contributed by atoms with Gasteiger partial charge in [-0.15, -0.1) is 0 Å². The van der Waals surface area contributed by atoms with Gasteiger partial charge in [0.1, 0.15) is 22.5 Å². The summed E-state index contributed by atoms with van der Waals surface area (Å²) >= 11 is 0. The van der Waals surface area contributed by atoms with E-state index in [-0.39, 0.29) is 0 Å². The van der Waals surface area contributed by atoms with Gasteiger partial charge in [0.2, 0.25) is 0 Å². The second-order valence-corrected chi connectivity index (χ2v) is 15.5. The van der Waals surface area contributed by atoms with E-state index in [0.717, 1.165) is 66.5 Å². The van der Waals surface area contributed by atoms with Crippen molar-refractivity contribution in [2.75, 3.05) is 4.90 Å². The van der Waals surface area contributed by atoms with Gasteiger partial charge in [0.15, 0.2) is 0 Å². The average Bonchev–Trinajstić information content (AvgIpc) is 4.01. The van der Waals surface area contributed by atoms with Gasteiger partial charge >= 0.3 is 0 Å². The molecule has 11 aromatic rings. The van der Waals surface area contributed by atoms with Gasteiger partial charge in [-0.3, -0.25) is 0 Å². The second kappa shape index (κ2) is 11.7. The predicted molar refractivity (Wildman–Crippen MR) is 236 cm³/mol. The molecule has 3 aromatic heterocycles. The lowest BCUT2D eigenvalue weighted by molar-refractivity contribution is 0.669. The largest absolute Gasteiger partial charge is 0.456 e. The molecule has 0 atom stereocenters. The molecular formula is C54H33N3O. The molecule has 1 spiro atoms. The molecule has 0 saturated carbocycles. The Bertz CT molecular complexity index is 3420. The van der Waals surface area contributed by atoms with Crippen LogP contribution in [-0.4, -0.2) is 9.61 Å². The monoisotopic (exact) mass is 739 g/mol. The Morgan fingerprint density at radius 1 is 0.448 bits per heavy atom. The molecule has 2 aliphatic rings. The van der Waals surface area contributed by atoms with Crippen molar-refractivity contribution < 1.29 is 4.42 Å². The molecular weight excluding hydrogens is 707 g/mol. The standard InChI is InChI=1S/C54H33N3O/c1-2-14-34(15-3-1)52-53(49-30-35-16-4-5-17-36(35)33-56(49)55-52)57(37-27-29-51-44(31-37)43-21-9-13-25-50(43)58-51)38-26-28-42-41-20-8-12-24-47(41)54(48(42)32-38)45-22-10-6-18-39(45)40-19-7-11-23-46(40)54/h1-33H. The number of fused-ring (bicyclic) bond motifs is 15. The Morgan fingerprint density at radius 3 is 1.76 bits per heavy atom. The summed E-state index contributed by atoms with van der Waals surface area (Å²) in [5.74, 6) is 0. The van der Waals surface area contributed by atoms with Crippen LogP contribution in [0.5, 0.6) is 0 Å². The SMILES string of the molecule is c1ccc(-c2nn3cc4ccccc4cc3c2N(c2ccc3c(c2)C2(c4ccccc4-c4ccccc42)c2ccccc2-3)c2ccc3oc4ccccc4c3c2)cc1. The molecule has 58 heavy (non-hydrogen) atoms. The van der Waals surface area contributed by atoms with Crippen LogP contribution in [0.15, 0.2) is 205 Å². The minimum absolute atomic E-state index is 0.481. The van der Waals surface area contributed by atoms with Crippen molar-refractivity contribution in [2.24, 2.45) is 0 Å². The topological polar surface area (TPSA) is 33.7 Å². The molecule has 4 heteroatoms. The summed E-state index contributed by atoms with van der Waals surface area (Å²) in [6, 6.07) is 70.5. The van der Waals surface area contributed by atoms with Gasteiger partial charge in [0.25, 0.3) is 0 Å². The minimum atomic E-state index is -0.481. The lowest BCUT2D eigenvalue weighted by Crippen LogP contribution is -2.26. The number of nitrogens with zero attached hydrogens (tertiary/aromatic N) is 3. The van der Waals surface area contributed by atoms with Gasteiger partial charge in [-0.25, -0.2) is 4.52 Å². The molecule has 0 fully saturated rings. The van der Waals surface area contributed by atoms with E-state index in [9.17, 15) is 0 Å². The Morgan fingerprint density at radius 2 is 1.02 bits per heavy atom. The summed E-state index contributed by atoms with van der Waals surface area (Å²) in [6.45, 7) is 0. The number of pyridine rings is 1. The zero-order valence-corrected chi connectivity index (χ0v) is 31.3. The molecule has 0 unspecified atom stereocenters. The van der Waals surface area contributed by atoms with Gasteiger partial charge in [-0.1, -0.05) is 152 Å². The summed E-state index contributed by atoms with van der Waals surface area (Å²) in [4.78, 5) is 2.43. The van der Waals surface area contributed by atoms with Crippen LogP contribution in [0, 0.1) is 0 Å². The Hall–Kier alpha value is -7.69. The molecule has 4 nitrogen and oxygen atoms in total. The van der Waals surface area contributed by atoms with E-state index in [1.165, 1.54) is 44.5 Å². The zero-order chi connectivity index (χ0) is 38.0. The molecule has 8 aromatic carbocycles. The Balaban J connectivity index is 1.15. The van der Waals surface area contributed by atoms with Crippen LogP contribution in [0.1, 0.15) is 22.3 Å². The minimum Gasteiger partial charge on any atom is -0.456 e. The number of hydrogen-bond donors (Lipinski definition) is 0. The molecule has 0 amide bonds. The number of benzene rings is 8. The van der Waals surface area contributed by atoms with Gasteiger partial charge in [0.05, 0.1) is 10.9 Å². The van der Waals surface area contributed by atoms with Crippen LogP contribution in [-0.2, 0) is 5.41 Å². The third-order valence-electron chi connectivity index (χ3n) is 12.6. The van der Waals surface area contributed by atoms with Crippen molar-refractivity contribution in [1.29, 1.82) is 0 Å². The van der Waals surface area contributed by atoms with E-state index >= 15 is 0 Å². The zero-order valence-electron chi connectivity index (χ0n) is 31.3. The molecule has 0 saturated heterocycles. The molecule has 2 aliphatic carbocycles. The summed E-state index contributed by atoms with van der Waals surface area (Å²) < 4.78 is 8.45. The first-order valence-electron chi connectivity index (χ1n) is 19.9. The lowest BCUT2D eigenvalue weighted by atomic mass is 9.70. The van der Waals surface area contributed by atoms with E-state index in [4.69, 9.17) is 9.52 Å². The number of furan rings is 1. The Kier molecular flexibility index (Phi) is 6.34. The van der Waals surface area contributed by atoms with Crippen LogP contribution in [0.4, 0.5) is 17.1 Å². The quantitative estimate of drug-likeness (QED) is 0.180. The van der Waals surface area contributed by atoms with Gasteiger partial charge in [0, 0.05) is 39.3 Å². The van der Waals surface area contributed by atoms with E-state index in [0.29, 0.717) is 0 Å². The van der Waals surface area contributed by atoms with Crippen molar-refractivity contribution in [3.63, 3.8) is 0 Å². The first kappa shape index (κ1) is 31.5. The number of rotatable bonds is 4. The summed E-state index contributed by atoms with van der Waals surface area (Å²) in [5, 5.41) is 9.86. The van der Waals surface area contributed by atoms with Gasteiger partial charge in [-0.05, 0) is 92.4 Å². The average molecular weight is 740 g/mol. The molecule has 270 valence electrons. The number of anilines is 3. The highest BCUT2D eigenvalue weighted by molar-refractivity contribution is 6.08. The fourth-order valence-electron chi connectivity index (χ4n) is 10.2. The molecule has 3 heterocycles. The van der Waals surface area contributed by atoms with Crippen LogP contribution in [0.2, 0.25) is 0 Å². The molecule has 0 aliphatic heterocycles. The normalized spacial score (nSPS) is 13.3. The van der Waals surface area contributed by atoms with E-state index in [1.807, 2.05) is 12.1 Å². The maximum Gasteiger partial charge on any atom is 0.135 e. The summed E-state index contributed by atoms with van der Waals surface area (Å²) in [5.41, 5.74) is 17.7. The highest BCUT2D eigenvalue weighted by Crippen LogP contribution is 2.63. The van der Waals surface area contributed by atoms with Crippen LogP contribution >= 0.6 is 0 Å². The smallest absolute Gasteiger partial charge is 0.135 e. The first-order valence-corrected chi connectivity index (χ1v) is 19.9. The maximum atomic E-state index is 6.39. The molecule has 0 bridgehead atoms. The predicted octanol–water partition coefficient (Wildman–Crippen LogP) is 13.9. The number of aromatic nitrogens is 2. The fraction of sp³-hybridized carbons (Fsp3) is 0.0185. The maximum absolute atomic E-state index is 6.39. The van der Waals surface area contributed by atoms with Crippen molar-refractivity contribution in [3.05, 3.63) is 223 Å². The Labute approximate surface area is 334 Å². The van der Waals surface area contributed by atoms with E-state index in [1.54, 1.807) is 0 Å². The van der Waals surface area contributed by atoms with Gasteiger partial charge in [-0.2, -0.15) is 5.10 Å². The lowest BCUT2D eigenvalue weighted by Gasteiger charge is -2.32. The summed E-state index contributed by atoms with van der Waals surface area (Å²) in [6.07, 6.45) is 2.16. The highest BCUT2D eigenvalue weighted by Gasteiger charge is 2.51. The second-order valence-electron chi connectivity index (χ2n) is 15.5. The summed E-state index contributed by atoms with van der Waals surface area (Å²) in [7, 11) is 0.